The molecule has 0 aliphatic carbocycles. The third-order valence-corrected chi connectivity index (χ3v) is 2.64. The molecule has 2 rings (SSSR count). The van der Waals surface area contributed by atoms with Crippen molar-refractivity contribution in [2.75, 3.05) is 20.6 Å². The Morgan fingerprint density at radius 2 is 2.22 bits per heavy atom. The Kier molecular flexibility index (Phi) is 3.96. The van der Waals surface area contributed by atoms with Crippen LogP contribution in [0.3, 0.4) is 0 Å². The first kappa shape index (κ1) is 13.0. The molecule has 0 spiro atoms. The van der Waals surface area contributed by atoms with Gasteiger partial charge in [0.1, 0.15) is 0 Å². The molecule has 96 valence electrons. The summed E-state index contributed by atoms with van der Waals surface area (Å²) >= 11 is 5.91. The van der Waals surface area contributed by atoms with Crippen molar-refractivity contribution >= 4 is 11.6 Å². The van der Waals surface area contributed by atoms with Crippen molar-refractivity contribution in [3.05, 3.63) is 35.1 Å². The standard InChI is InChI=1S/C12H15ClN4O/c1-17(2)7-10(14)11-15-12(18-16-11)8-4-3-5-9(13)6-8/h3-6,10H,7,14H2,1-2H3. The molecule has 0 amide bonds. The minimum absolute atomic E-state index is 0.267. The Bertz CT molecular complexity index is 526. The topological polar surface area (TPSA) is 68.2 Å². The Morgan fingerprint density at radius 3 is 2.89 bits per heavy atom. The second-order valence-corrected chi connectivity index (χ2v) is 4.77. The number of nitrogens with two attached hydrogens (primary N) is 1. The van der Waals surface area contributed by atoms with E-state index in [1.54, 1.807) is 12.1 Å². The summed E-state index contributed by atoms with van der Waals surface area (Å²) in [5, 5.41) is 4.52. The Labute approximate surface area is 111 Å². The van der Waals surface area contributed by atoms with Gasteiger partial charge in [-0.05, 0) is 32.3 Å². The highest BCUT2D eigenvalue weighted by Gasteiger charge is 2.15. The molecule has 0 saturated carbocycles. The van der Waals surface area contributed by atoms with Crippen LogP contribution in [0.2, 0.25) is 5.02 Å². The predicted molar refractivity (Wildman–Crippen MR) is 70.2 cm³/mol. The maximum absolute atomic E-state index is 5.96. The minimum Gasteiger partial charge on any atom is -0.334 e. The molecule has 1 aromatic carbocycles. The molecular formula is C12H15ClN4O. The first-order valence-corrected chi connectivity index (χ1v) is 5.94. The molecular weight excluding hydrogens is 252 g/mol. The lowest BCUT2D eigenvalue weighted by atomic mass is 10.2. The third kappa shape index (κ3) is 3.07. The Balaban J connectivity index is 2.20. The molecule has 1 aromatic heterocycles. The fourth-order valence-corrected chi connectivity index (χ4v) is 1.79. The average molecular weight is 267 g/mol. The maximum atomic E-state index is 5.96. The van der Waals surface area contributed by atoms with Gasteiger partial charge in [-0.15, -0.1) is 0 Å². The van der Waals surface area contributed by atoms with Crippen LogP contribution in [-0.4, -0.2) is 35.7 Å². The predicted octanol–water partition coefficient (Wildman–Crippen LogP) is 1.95. The van der Waals surface area contributed by atoms with Gasteiger partial charge >= 0.3 is 0 Å². The fraction of sp³-hybridized carbons (Fsp3) is 0.333. The van der Waals surface area contributed by atoms with E-state index in [0.29, 0.717) is 23.3 Å². The van der Waals surface area contributed by atoms with E-state index in [2.05, 4.69) is 10.1 Å². The van der Waals surface area contributed by atoms with Crippen LogP contribution in [0.5, 0.6) is 0 Å². The summed E-state index contributed by atoms with van der Waals surface area (Å²) in [5.41, 5.74) is 6.75. The van der Waals surface area contributed by atoms with Crippen molar-refractivity contribution in [3.8, 4) is 11.5 Å². The first-order chi connectivity index (χ1) is 8.56. The van der Waals surface area contributed by atoms with Crippen LogP contribution in [0.1, 0.15) is 11.9 Å². The van der Waals surface area contributed by atoms with Crippen LogP contribution in [0, 0.1) is 0 Å². The molecule has 0 bridgehead atoms. The van der Waals surface area contributed by atoms with Crippen LogP contribution >= 0.6 is 11.6 Å². The van der Waals surface area contributed by atoms with E-state index in [4.69, 9.17) is 21.9 Å². The van der Waals surface area contributed by atoms with Crippen LogP contribution in [0.15, 0.2) is 28.8 Å². The summed E-state index contributed by atoms with van der Waals surface area (Å²) in [6, 6.07) is 7.00. The summed E-state index contributed by atoms with van der Waals surface area (Å²) in [5.74, 6) is 0.931. The van der Waals surface area contributed by atoms with Gasteiger partial charge in [-0.3, -0.25) is 0 Å². The van der Waals surface area contributed by atoms with Gasteiger partial charge in [-0.1, -0.05) is 22.8 Å². The molecule has 2 N–H and O–H groups in total. The van der Waals surface area contributed by atoms with E-state index in [9.17, 15) is 0 Å². The molecule has 5 nitrogen and oxygen atoms in total. The first-order valence-electron chi connectivity index (χ1n) is 5.56. The van der Waals surface area contributed by atoms with Crippen molar-refractivity contribution in [2.24, 2.45) is 5.73 Å². The number of hydrogen-bond donors (Lipinski definition) is 1. The van der Waals surface area contributed by atoms with E-state index in [0.717, 1.165) is 5.56 Å². The van der Waals surface area contributed by atoms with E-state index in [1.807, 2.05) is 31.1 Å². The number of aromatic nitrogens is 2. The van der Waals surface area contributed by atoms with Crippen molar-refractivity contribution < 1.29 is 4.52 Å². The average Bonchev–Trinajstić information content (AvgIpc) is 2.77. The molecule has 1 unspecified atom stereocenters. The van der Waals surface area contributed by atoms with Crippen molar-refractivity contribution in [1.82, 2.24) is 15.0 Å². The fourth-order valence-electron chi connectivity index (χ4n) is 1.60. The quantitative estimate of drug-likeness (QED) is 0.916. The van der Waals surface area contributed by atoms with Gasteiger partial charge in [-0.25, -0.2) is 0 Å². The number of hydrogen-bond acceptors (Lipinski definition) is 5. The largest absolute Gasteiger partial charge is 0.334 e. The molecule has 0 saturated heterocycles. The molecule has 0 aliphatic heterocycles. The maximum Gasteiger partial charge on any atom is 0.258 e. The molecule has 0 fully saturated rings. The number of rotatable bonds is 4. The molecule has 0 aliphatic rings. The molecule has 6 heteroatoms. The molecule has 1 heterocycles. The lowest BCUT2D eigenvalue weighted by Gasteiger charge is -2.12. The zero-order chi connectivity index (χ0) is 13.1. The van der Waals surface area contributed by atoms with Gasteiger partial charge in [0.05, 0.1) is 6.04 Å². The van der Waals surface area contributed by atoms with E-state index in [-0.39, 0.29) is 6.04 Å². The van der Waals surface area contributed by atoms with Gasteiger partial charge in [0.15, 0.2) is 5.82 Å². The van der Waals surface area contributed by atoms with E-state index in [1.165, 1.54) is 0 Å². The number of benzene rings is 1. The van der Waals surface area contributed by atoms with Gasteiger partial charge in [0.25, 0.3) is 5.89 Å². The summed E-state index contributed by atoms with van der Waals surface area (Å²) < 4.78 is 5.19. The highest BCUT2D eigenvalue weighted by Crippen LogP contribution is 2.22. The SMILES string of the molecule is CN(C)CC(N)c1noc(-c2cccc(Cl)c2)n1. The van der Waals surface area contributed by atoms with Crippen LogP contribution in [0.4, 0.5) is 0 Å². The molecule has 1 atom stereocenters. The summed E-state index contributed by atoms with van der Waals surface area (Å²) in [6.45, 7) is 0.661. The number of likely N-dealkylation sites (N-methyl/N-ethyl adjacent to an activating group) is 1. The lowest BCUT2D eigenvalue weighted by molar-refractivity contribution is 0.357. The van der Waals surface area contributed by atoms with Crippen molar-refractivity contribution in [3.63, 3.8) is 0 Å². The summed E-state index contributed by atoms with van der Waals surface area (Å²) in [6.07, 6.45) is 0. The minimum atomic E-state index is -0.267. The summed E-state index contributed by atoms with van der Waals surface area (Å²) in [7, 11) is 3.88. The second kappa shape index (κ2) is 5.48. The van der Waals surface area contributed by atoms with Gasteiger partial charge in [0.2, 0.25) is 0 Å². The van der Waals surface area contributed by atoms with Gasteiger partial charge < -0.3 is 15.2 Å². The van der Waals surface area contributed by atoms with E-state index < -0.39 is 0 Å². The van der Waals surface area contributed by atoms with Crippen LogP contribution in [0.25, 0.3) is 11.5 Å². The lowest BCUT2D eigenvalue weighted by Crippen LogP contribution is -2.26. The monoisotopic (exact) mass is 266 g/mol. The van der Waals surface area contributed by atoms with Crippen LogP contribution in [-0.2, 0) is 0 Å². The highest BCUT2D eigenvalue weighted by molar-refractivity contribution is 6.30. The third-order valence-electron chi connectivity index (χ3n) is 2.41. The molecule has 18 heavy (non-hydrogen) atoms. The highest BCUT2D eigenvalue weighted by atomic mass is 35.5. The smallest absolute Gasteiger partial charge is 0.258 e. The molecule has 2 aromatic rings. The van der Waals surface area contributed by atoms with Gasteiger partial charge in [0, 0.05) is 17.1 Å². The second-order valence-electron chi connectivity index (χ2n) is 4.34. The molecule has 0 radical (unpaired) electrons. The number of nitrogens with zero attached hydrogens (tertiary/aromatic N) is 3. The zero-order valence-corrected chi connectivity index (χ0v) is 11.1. The summed E-state index contributed by atoms with van der Waals surface area (Å²) in [4.78, 5) is 6.26. The normalized spacial score (nSPS) is 12.9. The Hall–Kier alpha value is -1.43. The van der Waals surface area contributed by atoms with E-state index >= 15 is 0 Å². The zero-order valence-electron chi connectivity index (χ0n) is 10.3. The van der Waals surface area contributed by atoms with Crippen molar-refractivity contribution in [2.45, 2.75) is 6.04 Å². The van der Waals surface area contributed by atoms with Gasteiger partial charge in [-0.2, -0.15) is 4.98 Å². The van der Waals surface area contributed by atoms with Crippen LogP contribution < -0.4 is 5.73 Å². The number of halogens is 1. The van der Waals surface area contributed by atoms with Crippen molar-refractivity contribution in [1.29, 1.82) is 0 Å². The Morgan fingerprint density at radius 1 is 1.44 bits per heavy atom.